The Morgan fingerprint density at radius 3 is 2.83 bits per heavy atom. The first-order chi connectivity index (χ1) is 11.7. The van der Waals surface area contributed by atoms with E-state index >= 15 is 0 Å². The van der Waals surface area contributed by atoms with Crippen molar-refractivity contribution in [3.63, 3.8) is 0 Å². The molecule has 0 spiro atoms. The number of para-hydroxylation sites is 2. The van der Waals surface area contributed by atoms with Crippen LogP contribution in [-0.2, 0) is 0 Å². The molecule has 0 bridgehead atoms. The van der Waals surface area contributed by atoms with Crippen LogP contribution in [0, 0.1) is 6.92 Å². The van der Waals surface area contributed by atoms with Gasteiger partial charge >= 0.3 is 0 Å². The highest BCUT2D eigenvalue weighted by Crippen LogP contribution is 2.45. The van der Waals surface area contributed by atoms with Crippen LogP contribution in [0.5, 0.6) is 0 Å². The Labute approximate surface area is 139 Å². The molecule has 0 radical (unpaired) electrons. The lowest BCUT2D eigenvalue weighted by Crippen LogP contribution is -2.28. The van der Waals surface area contributed by atoms with Crippen LogP contribution >= 0.6 is 0 Å². The Balaban J connectivity index is 1.85. The van der Waals surface area contributed by atoms with Gasteiger partial charge in [-0.3, -0.25) is 0 Å². The van der Waals surface area contributed by atoms with Crippen LogP contribution in [0.3, 0.4) is 0 Å². The van der Waals surface area contributed by atoms with E-state index in [0.29, 0.717) is 5.71 Å². The third-order valence-electron chi connectivity index (χ3n) is 4.75. The third-order valence-corrected chi connectivity index (χ3v) is 4.75. The van der Waals surface area contributed by atoms with Gasteiger partial charge in [-0.05, 0) is 43.7 Å². The van der Waals surface area contributed by atoms with Gasteiger partial charge in [-0.1, -0.05) is 24.3 Å². The van der Waals surface area contributed by atoms with Gasteiger partial charge in [0.25, 0.3) is 0 Å². The first kappa shape index (κ1) is 13.4. The fourth-order valence-corrected chi connectivity index (χ4v) is 3.68. The number of hydrogen-bond acceptors (Lipinski definition) is 4. The molecule has 0 fully saturated rings. The maximum atomic E-state index is 6.16. The normalized spacial score (nSPS) is 16.6. The van der Waals surface area contributed by atoms with E-state index in [0.717, 1.165) is 27.7 Å². The summed E-state index contributed by atoms with van der Waals surface area (Å²) in [4.78, 5) is 6.69. The van der Waals surface area contributed by atoms with Gasteiger partial charge in [0.15, 0.2) is 5.58 Å². The van der Waals surface area contributed by atoms with Gasteiger partial charge in [-0.25, -0.2) is 4.98 Å². The quantitative estimate of drug-likeness (QED) is 0.524. The Hall–Kier alpha value is -3.01. The number of nitrogens with zero attached hydrogens (tertiary/aromatic N) is 2. The number of aryl methyl sites for hydroxylation is 1. The Bertz CT molecular complexity index is 1080. The number of fused-ring (bicyclic) bond motifs is 4. The highest BCUT2D eigenvalue weighted by Gasteiger charge is 2.30. The minimum Gasteiger partial charge on any atom is -0.435 e. The molecule has 0 saturated heterocycles. The van der Waals surface area contributed by atoms with Crippen molar-refractivity contribution in [2.45, 2.75) is 20.0 Å². The summed E-state index contributed by atoms with van der Waals surface area (Å²) in [5.41, 5.74) is 6.20. The smallest absolute Gasteiger partial charge is 0.227 e. The van der Waals surface area contributed by atoms with Crippen molar-refractivity contribution in [3.05, 3.63) is 60.3 Å². The highest BCUT2D eigenvalue weighted by atomic mass is 16.3. The number of aromatic nitrogens is 1. The molecule has 1 aliphatic heterocycles. The molecule has 2 aromatic carbocycles. The summed E-state index contributed by atoms with van der Waals surface area (Å²) in [5, 5.41) is 5.70. The van der Waals surface area contributed by atoms with Gasteiger partial charge in [0.2, 0.25) is 5.71 Å². The Morgan fingerprint density at radius 2 is 1.92 bits per heavy atom. The molecule has 4 nitrogen and oxygen atoms in total. The molecule has 2 aromatic heterocycles. The molecule has 0 unspecified atom stereocenters. The fraction of sp³-hybridized carbons (Fsp3) is 0.150. The monoisotopic (exact) mass is 315 g/mol. The molecule has 5 rings (SSSR count). The zero-order valence-electron chi connectivity index (χ0n) is 13.6. The van der Waals surface area contributed by atoms with Crippen molar-refractivity contribution >= 4 is 39.1 Å². The van der Waals surface area contributed by atoms with Gasteiger partial charge in [-0.2, -0.15) is 0 Å². The van der Waals surface area contributed by atoms with Crippen LogP contribution in [0.2, 0.25) is 0 Å². The van der Waals surface area contributed by atoms with Crippen molar-refractivity contribution < 1.29 is 4.42 Å². The minimum absolute atomic E-state index is 0.160. The van der Waals surface area contributed by atoms with E-state index in [9.17, 15) is 0 Å². The Morgan fingerprint density at radius 1 is 1.04 bits per heavy atom. The number of benzene rings is 2. The summed E-state index contributed by atoms with van der Waals surface area (Å²) in [6, 6.07) is 16.7. The number of furan rings is 1. The summed E-state index contributed by atoms with van der Waals surface area (Å²) in [6.07, 6.45) is 1.93. The summed E-state index contributed by atoms with van der Waals surface area (Å²) in [6.45, 7) is 4.29. The van der Waals surface area contributed by atoms with Crippen LogP contribution in [0.25, 0.3) is 22.1 Å². The average Bonchev–Trinajstić information content (AvgIpc) is 3.12. The van der Waals surface area contributed by atoms with Crippen molar-refractivity contribution in [2.24, 2.45) is 0 Å². The second kappa shape index (κ2) is 4.74. The van der Waals surface area contributed by atoms with E-state index in [1.807, 2.05) is 6.07 Å². The van der Waals surface area contributed by atoms with E-state index in [1.54, 1.807) is 6.20 Å². The molecule has 4 heteroatoms. The van der Waals surface area contributed by atoms with Crippen molar-refractivity contribution in [1.29, 1.82) is 0 Å². The van der Waals surface area contributed by atoms with Gasteiger partial charge < -0.3 is 14.6 Å². The number of nitrogens with one attached hydrogen (secondary N) is 1. The second-order valence-electron chi connectivity index (χ2n) is 6.27. The molecular formula is C20H17N3O. The predicted octanol–water partition coefficient (Wildman–Crippen LogP) is 5.20. The average molecular weight is 315 g/mol. The molecule has 0 saturated carbocycles. The lowest BCUT2D eigenvalue weighted by atomic mass is 10.1. The molecule has 1 N–H and O–H groups in total. The topological polar surface area (TPSA) is 41.3 Å². The van der Waals surface area contributed by atoms with Crippen LogP contribution in [-0.4, -0.2) is 11.1 Å². The van der Waals surface area contributed by atoms with Gasteiger partial charge in [0.05, 0.1) is 17.1 Å². The summed E-state index contributed by atoms with van der Waals surface area (Å²) >= 11 is 0. The molecule has 1 aliphatic rings. The lowest BCUT2D eigenvalue weighted by Gasteiger charge is -2.25. The third kappa shape index (κ3) is 1.71. The summed E-state index contributed by atoms with van der Waals surface area (Å²) < 4.78 is 6.16. The van der Waals surface area contributed by atoms with Crippen LogP contribution in [0.1, 0.15) is 12.5 Å². The van der Waals surface area contributed by atoms with Crippen LogP contribution in [0.15, 0.2) is 59.1 Å². The van der Waals surface area contributed by atoms with Gasteiger partial charge in [0.1, 0.15) is 6.17 Å². The zero-order valence-corrected chi connectivity index (χ0v) is 13.6. The molecule has 0 aliphatic carbocycles. The van der Waals surface area contributed by atoms with E-state index in [1.165, 1.54) is 11.3 Å². The SMILES string of the molecule is Cc1ccc2c(oc3ncccc32)c1N1c2ccccc2N[C@@H]1C. The molecule has 118 valence electrons. The number of anilines is 3. The van der Waals surface area contributed by atoms with Crippen molar-refractivity contribution in [3.8, 4) is 0 Å². The maximum absolute atomic E-state index is 6.16. The van der Waals surface area contributed by atoms with E-state index < -0.39 is 0 Å². The molecule has 3 heterocycles. The predicted molar refractivity (Wildman–Crippen MR) is 97.9 cm³/mol. The molecule has 4 aromatic rings. The van der Waals surface area contributed by atoms with Crippen LogP contribution in [0.4, 0.5) is 17.1 Å². The number of pyridine rings is 1. The first-order valence-corrected chi connectivity index (χ1v) is 8.15. The second-order valence-corrected chi connectivity index (χ2v) is 6.27. The standard InChI is InChI=1S/C20H17N3O/c1-12-9-10-14-15-6-5-11-21-20(15)24-19(14)18(12)23-13(2)22-16-7-3-4-8-17(16)23/h3-11,13,22H,1-2H3/t13-/m0/s1. The molecular weight excluding hydrogens is 298 g/mol. The number of hydrogen-bond donors (Lipinski definition) is 1. The molecule has 1 atom stereocenters. The van der Waals surface area contributed by atoms with Crippen LogP contribution < -0.4 is 10.2 Å². The molecule has 0 amide bonds. The largest absolute Gasteiger partial charge is 0.435 e. The Kier molecular flexibility index (Phi) is 2.65. The zero-order chi connectivity index (χ0) is 16.3. The van der Waals surface area contributed by atoms with E-state index in [-0.39, 0.29) is 6.17 Å². The highest BCUT2D eigenvalue weighted by molar-refractivity contribution is 6.09. The van der Waals surface area contributed by atoms with E-state index in [4.69, 9.17) is 4.42 Å². The number of rotatable bonds is 1. The van der Waals surface area contributed by atoms with Gasteiger partial charge in [0, 0.05) is 17.0 Å². The van der Waals surface area contributed by atoms with Crippen molar-refractivity contribution in [1.82, 2.24) is 4.98 Å². The van der Waals surface area contributed by atoms with Crippen molar-refractivity contribution in [2.75, 3.05) is 10.2 Å². The fourth-order valence-electron chi connectivity index (χ4n) is 3.68. The molecule has 24 heavy (non-hydrogen) atoms. The summed E-state index contributed by atoms with van der Waals surface area (Å²) in [7, 11) is 0. The summed E-state index contributed by atoms with van der Waals surface area (Å²) in [5.74, 6) is 0. The first-order valence-electron chi connectivity index (χ1n) is 8.15. The maximum Gasteiger partial charge on any atom is 0.227 e. The van der Waals surface area contributed by atoms with E-state index in [2.05, 4.69) is 71.5 Å². The van der Waals surface area contributed by atoms with Gasteiger partial charge in [-0.15, -0.1) is 0 Å². The minimum atomic E-state index is 0.160. The lowest BCUT2D eigenvalue weighted by molar-refractivity contribution is 0.651.